The van der Waals surface area contributed by atoms with E-state index in [1.165, 1.54) is 0 Å². The summed E-state index contributed by atoms with van der Waals surface area (Å²) >= 11 is 7.53. The Morgan fingerprint density at radius 2 is 1.88 bits per heavy atom. The zero-order chi connectivity index (χ0) is 21.1. The third kappa shape index (κ3) is 5.83. The maximum Gasteiger partial charge on any atom is 0.239 e. The van der Waals surface area contributed by atoms with E-state index in [0.29, 0.717) is 37.6 Å². The summed E-state index contributed by atoms with van der Waals surface area (Å²) in [5.41, 5.74) is 8.11. The van der Waals surface area contributed by atoms with Crippen molar-refractivity contribution in [2.24, 2.45) is 5.73 Å². The minimum Gasteiger partial charge on any atom is -0.352 e. The number of benzene rings is 1. The molecule has 2 aromatic heterocycles. The average molecular weight is 513 g/mol. The summed E-state index contributed by atoms with van der Waals surface area (Å²) in [7, 11) is 0. The standard InChI is InChI=1S/C22H22ClN5OS.2ClH/c1-2-3-17-13-19-20(30-17)21(26-14-25-19)27-8-10-28(11-9-27)22(29)18(24)12-15-4-6-16(23)7-5-15;;/h4-7,13-14,18H,8-12,24H2,1H3;2*1H/t18-;;/m1../s1. The van der Waals surface area contributed by atoms with E-state index < -0.39 is 6.04 Å². The number of hydrogen-bond acceptors (Lipinski definition) is 6. The molecule has 3 heterocycles. The predicted octanol–water partition coefficient (Wildman–Crippen LogP) is 3.78. The molecule has 1 aromatic carbocycles. The molecule has 170 valence electrons. The molecule has 1 fully saturated rings. The average Bonchev–Trinajstić information content (AvgIpc) is 3.18. The summed E-state index contributed by atoms with van der Waals surface area (Å²) in [5, 5.41) is 0.674. The zero-order valence-corrected chi connectivity index (χ0v) is 20.7. The van der Waals surface area contributed by atoms with Crippen molar-refractivity contribution in [2.75, 3.05) is 31.1 Å². The van der Waals surface area contributed by atoms with Gasteiger partial charge in [0, 0.05) is 31.2 Å². The predicted molar refractivity (Wildman–Crippen MR) is 136 cm³/mol. The van der Waals surface area contributed by atoms with Crippen LogP contribution >= 0.6 is 47.8 Å². The minimum absolute atomic E-state index is 0. The number of piperazine rings is 1. The molecule has 1 aliphatic heterocycles. The first-order valence-corrected chi connectivity index (χ1v) is 11.0. The van der Waals surface area contributed by atoms with Crippen molar-refractivity contribution in [2.45, 2.75) is 19.4 Å². The van der Waals surface area contributed by atoms with E-state index in [0.717, 1.165) is 26.5 Å². The van der Waals surface area contributed by atoms with Gasteiger partial charge in [-0.15, -0.1) is 42.1 Å². The van der Waals surface area contributed by atoms with Crippen LogP contribution in [0.5, 0.6) is 0 Å². The smallest absolute Gasteiger partial charge is 0.239 e. The van der Waals surface area contributed by atoms with Gasteiger partial charge in [-0.2, -0.15) is 0 Å². The van der Waals surface area contributed by atoms with Gasteiger partial charge in [0.1, 0.15) is 12.1 Å². The summed E-state index contributed by atoms with van der Waals surface area (Å²) in [6.07, 6.45) is 2.09. The first-order valence-electron chi connectivity index (χ1n) is 9.76. The van der Waals surface area contributed by atoms with Crippen LogP contribution < -0.4 is 10.6 Å². The molecule has 1 atom stereocenters. The van der Waals surface area contributed by atoms with Gasteiger partial charge in [0.05, 0.1) is 21.1 Å². The van der Waals surface area contributed by atoms with Gasteiger partial charge in [0.2, 0.25) is 5.91 Å². The highest BCUT2D eigenvalue weighted by molar-refractivity contribution is 7.20. The van der Waals surface area contributed by atoms with Gasteiger partial charge in [0.25, 0.3) is 0 Å². The van der Waals surface area contributed by atoms with Crippen molar-refractivity contribution in [1.29, 1.82) is 0 Å². The van der Waals surface area contributed by atoms with Crippen LogP contribution in [0.4, 0.5) is 5.82 Å². The van der Waals surface area contributed by atoms with E-state index >= 15 is 0 Å². The molecule has 0 radical (unpaired) electrons. The van der Waals surface area contributed by atoms with Crippen LogP contribution in [0.1, 0.15) is 17.4 Å². The Balaban J connectivity index is 0.00000181. The van der Waals surface area contributed by atoms with Gasteiger partial charge in [-0.1, -0.05) is 29.7 Å². The lowest BCUT2D eigenvalue weighted by Gasteiger charge is -2.36. The Morgan fingerprint density at radius 3 is 2.53 bits per heavy atom. The Bertz CT molecular complexity index is 1120. The van der Waals surface area contributed by atoms with Crippen molar-refractivity contribution in [3.63, 3.8) is 0 Å². The number of nitrogens with two attached hydrogens (primary N) is 1. The third-order valence-electron chi connectivity index (χ3n) is 5.12. The zero-order valence-electron chi connectivity index (χ0n) is 17.5. The largest absolute Gasteiger partial charge is 0.352 e. The van der Waals surface area contributed by atoms with Crippen molar-refractivity contribution in [3.05, 3.63) is 52.1 Å². The molecular formula is C22H24Cl3N5OS. The summed E-state index contributed by atoms with van der Waals surface area (Å²) in [4.78, 5) is 26.7. The summed E-state index contributed by atoms with van der Waals surface area (Å²) < 4.78 is 1.04. The van der Waals surface area contributed by atoms with Crippen molar-refractivity contribution < 1.29 is 4.79 Å². The molecule has 0 unspecified atom stereocenters. The van der Waals surface area contributed by atoms with Crippen LogP contribution in [0.15, 0.2) is 36.7 Å². The molecular weight excluding hydrogens is 489 g/mol. The molecule has 6 nitrogen and oxygen atoms in total. The van der Waals surface area contributed by atoms with Crippen LogP contribution in [-0.2, 0) is 11.2 Å². The van der Waals surface area contributed by atoms with Gasteiger partial charge in [0.15, 0.2) is 0 Å². The van der Waals surface area contributed by atoms with E-state index in [4.69, 9.17) is 17.3 Å². The maximum atomic E-state index is 12.8. The third-order valence-corrected chi connectivity index (χ3v) is 6.41. The Labute approximate surface area is 209 Å². The van der Waals surface area contributed by atoms with Crippen molar-refractivity contribution in [3.8, 4) is 11.8 Å². The second-order valence-corrected chi connectivity index (χ2v) is 8.64. The Morgan fingerprint density at radius 1 is 1.19 bits per heavy atom. The van der Waals surface area contributed by atoms with Gasteiger partial charge >= 0.3 is 0 Å². The minimum atomic E-state index is -0.559. The van der Waals surface area contributed by atoms with Crippen LogP contribution in [0.2, 0.25) is 5.02 Å². The number of anilines is 1. The van der Waals surface area contributed by atoms with Crippen LogP contribution in [-0.4, -0.2) is 53.0 Å². The number of rotatable bonds is 4. The normalized spacial score (nSPS) is 14.1. The highest BCUT2D eigenvalue weighted by atomic mass is 35.5. The van der Waals surface area contributed by atoms with Gasteiger partial charge < -0.3 is 15.5 Å². The molecule has 4 rings (SSSR count). The molecule has 0 saturated carbocycles. The molecule has 2 N–H and O–H groups in total. The number of fused-ring (bicyclic) bond motifs is 1. The second-order valence-electron chi connectivity index (χ2n) is 7.15. The number of halogens is 3. The number of amides is 1. The van der Waals surface area contributed by atoms with Crippen molar-refractivity contribution >= 4 is 69.7 Å². The first kappa shape index (κ1) is 26.2. The van der Waals surface area contributed by atoms with E-state index in [1.54, 1.807) is 17.7 Å². The van der Waals surface area contributed by atoms with Gasteiger partial charge in [-0.25, -0.2) is 9.97 Å². The topological polar surface area (TPSA) is 75.4 Å². The maximum absolute atomic E-state index is 12.8. The fourth-order valence-electron chi connectivity index (χ4n) is 3.59. The number of nitrogens with zero attached hydrogens (tertiary/aromatic N) is 4. The quantitative estimate of drug-likeness (QED) is 0.539. The fourth-order valence-corrected chi connectivity index (χ4v) is 4.75. The lowest BCUT2D eigenvalue weighted by molar-refractivity contribution is -0.132. The number of carbonyl (C=O) groups excluding carboxylic acids is 1. The van der Waals surface area contributed by atoms with E-state index in [9.17, 15) is 4.79 Å². The molecule has 10 heteroatoms. The number of hydrogen-bond donors (Lipinski definition) is 1. The number of thiophene rings is 1. The first-order chi connectivity index (χ1) is 14.5. The SMILES string of the molecule is CC#Cc1cc2ncnc(N3CCN(C(=O)[C@H](N)Cc4ccc(Cl)cc4)CC3)c2s1.Cl.Cl. The molecule has 0 aliphatic carbocycles. The molecule has 3 aromatic rings. The summed E-state index contributed by atoms with van der Waals surface area (Å²) in [6, 6.07) is 8.89. The summed E-state index contributed by atoms with van der Waals surface area (Å²) in [5.74, 6) is 6.91. The fraction of sp³-hybridized carbons (Fsp3) is 0.318. The van der Waals surface area contributed by atoms with E-state index in [-0.39, 0.29) is 30.7 Å². The monoisotopic (exact) mass is 511 g/mol. The molecule has 32 heavy (non-hydrogen) atoms. The van der Waals surface area contributed by atoms with Crippen LogP contribution in [0.25, 0.3) is 10.2 Å². The number of carbonyl (C=O) groups is 1. The van der Waals surface area contributed by atoms with E-state index in [2.05, 4.69) is 26.7 Å². The lowest BCUT2D eigenvalue weighted by Crippen LogP contribution is -2.53. The van der Waals surface area contributed by atoms with Gasteiger partial charge in [-0.05, 0) is 37.1 Å². The summed E-state index contributed by atoms with van der Waals surface area (Å²) in [6.45, 7) is 4.47. The van der Waals surface area contributed by atoms with Gasteiger partial charge in [-0.3, -0.25) is 4.79 Å². The van der Waals surface area contributed by atoms with Crippen LogP contribution in [0, 0.1) is 11.8 Å². The second kappa shape index (κ2) is 11.7. The Hall–Kier alpha value is -2.08. The Kier molecular flexibility index (Phi) is 9.56. The van der Waals surface area contributed by atoms with Crippen LogP contribution in [0.3, 0.4) is 0 Å². The van der Waals surface area contributed by atoms with E-state index in [1.807, 2.05) is 42.2 Å². The molecule has 1 saturated heterocycles. The highest BCUT2D eigenvalue weighted by Crippen LogP contribution is 2.31. The highest BCUT2D eigenvalue weighted by Gasteiger charge is 2.27. The van der Waals surface area contributed by atoms with Crippen molar-refractivity contribution in [1.82, 2.24) is 14.9 Å². The lowest BCUT2D eigenvalue weighted by atomic mass is 10.1. The molecule has 1 amide bonds. The molecule has 0 spiro atoms. The molecule has 0 bridgehead atoms. The number of aromatic nitrogens is 2. The molecule has 1 aliphatic rings.